The molecule has 0 aliphatic rings. The maximum absolute atomic E-state index is 10.1. The lowest BCUT2D eigenvalue weighted by atomic mass is 10.2. The van der Waals surface area contributed by atoms with Crippen LogP contribution in [0.3, 0.4) is 0 Å². The molecule has 0 saturated heterocycles. The molecule has 2 heteroatoms. The molecule has 0 rings (SSSR count). The van der Waals surface area contributed by atoms with Crippen LogP contribution in [0.5, 0.6) is 0 Å². The minimum atomic E-state index is -0.934. The SMILES string of the molecule is CCCCCC=CC=CC=CC=CC=CC(=O)O. The highest BCUT2D eigenvalue weighted by atomic mass is 16.4. The van der Waals surface area contributed by atoms with Crippen molar-refractivity contribution in [1.29, 1.82) is 0 Å². The molecule has 0 saturated carbocycles. The zero-order valence-corrected chi connectivity index (χ0v) is 11.0. The first-order valence-electron chi connectivity index (χ1n) is 6.33. The Morgan fingerprint density at radius 2 is 1.44 bits per heavy atom. The number of unbranched alkanes of at least 4 members (excludes halogenated alkanes) is 3. The molecule has 0 amide bonds. The van der Waals surface area contributed by atoms with Crippen LogP contribution in [0.2, 0.25) is 0 Å². The van der Waals surface area contributed by atoms with Gasteiger partial charge in [-0.25, -0.2) is 4.79 Å². The van der Waals surface area contributed by atoms with Crippen molar-refractivity contribution in [2.45, 2.75) is 32.6 Å². The van der Waals surface area contributed by atoms with Gasteiger partial charge >= 0.3 is 5.97 Å². The Hall–Kier alpha value is -1.83. The number of hydrogen-bond acceptors (Lipinski definition) is 1. The van der Waals surface area contributed by atoms with E-state index < -0.39 is 5.97 Å². The van der Waals surface area contributed by atoms with E-state index in [9.17, 15) is 4.79 Å². The monoisotopic (exact) mass is 246 g/mol. The highest BCUT2D eigenvalue weighted by molar-refractivity contribution is 5.80. The number of carbonyl (C=O) groups is 1. The van der Waals surface area contributed by atoms with E-state index in [1.165, 1.54) is 25.3 Å². The fourth-order valence-electron chi connectivity index (χ4n) is 1.21. The number of rotatable bonds is 9. The zero-order chi connectivity index (χ0) is 13.5. The molecule has 98 valence electrons. The van der Waals surface area contributed by atoms with E-state index in [0.29, 0.717) is 0 Å². The molecule has 0 aromatic carbocycles. The van der Waals surface area contributed by atoms with Gasteiger partial charge in [-0.05, 0) is 12.8 Å². The smallest absolute Gasteiger partial charge is 0.328 e. The average molecular weight is 246 g/mol. The lowest BCUT2D eigenvalue weighted by Gasteiger charge is -1.89. The van der Waals surface area contributed by atoms with E-state index in [2.05, 4.69) is 13.0 Å². The molecular formula is C16H22O2. The third kappa shape index (κ3) is 14.2. The zero-order valence-electron chi connectivity index (χ0n) is 11.0. The second-order valence-corrected chi connectivity index (χ2v) is 3.78. The number of carboxylic acids is 1. The molecule has 0 spiro atoms. The summed E-state index contributed by atoms with van der Waals surface area (Å²) in [6, 6.07) is 0. The molecule has 0 heterocycles. The average Bonchev–Trinajstić information content (AvgIpc) is 2.34. The van der Waals surface area contributed by atoms with Crippen LogP contribution in [0.4, 0.5) is 0 Å². The predicted molar refractivity (Wildman–Crippen MR) is 77.5 cm³/mol. The summed E-state index contributed by atoms with van der Waals surface area (Å²) in [5.74, 6) is -0.934. The van der Waals surface area contributed by atoms with Gasteiger partial charge in [-0.2, -0.15) is 0 Å². The molecule has 0 unspecified atom stereocenters. The van der Waals surface area contributed by atoms with Gasteiger partial charge in [0.15, 0.2) is 0 Å². The molecule has 0 aliphatic carbocycles. The van der Waals surface area contributed by atoms with Crippen LogP contribution >= 0.6 is 0 Å². The number of allylic oxidation sites excluding steroid dienone is 9. The van der Waals surface area contributed by atoms with Crippen molar-refractivity contribution in [1.82, 2.24) is 0 Å². The van der Waals surface area contributed by atoms with Gasteiger partial charge in [-0.3, -0.25) is 0 Å². The van der Waals surface area contributed by atoms with Gasteiger partial charge in [-0.15, -0.1) is 0 Å². The Labute approximate surface area is 110 Å². The van der Waals surface area contributed by atoms with Crippen LogP contribution in [0.15, 0.2) is 60.8 Å². The minimum absolute atomic E-state index is 0.934. The molecule has 0 fully saturated rings. The van der Waals surface area contributed by atoms with Crippen molar-refractivity contribution in [2.24, 2.45) is 0 Å². The number of aliphatic carboxylic acids is 1. The third-order valence-electron chi connectivity index (χ3n) is 2.13. The van der Waals surface area contributed by atoms with E-state index in [1.807, 2.05) is 30.4 Å². The van der Waals surface area contributed by atoms with E-state index in [4.69, 9.17) is 5.11 Å². The third-order valence-corrected chi connectivity index (χ3v) is 2.13. The van der Waals surface area contributed by atoms with Crippen LogP contribution in [-0.4, -0.2) is 11.1 Å². The van der Waals surface area contributed by atoms with Crippen molar-refractivity contribution in [3.8, 4) is 0 Å². The van der Waals surface area contributed by atoms with Crippen molar-refractivity contribution in [2.75, 3.05) is 0 Å². The second kappa shape index (κ2) is 13.2. The number of carboxylic acid groups (broad SMARTS) is 1. The molecule has 2 nitrogen and oxygen atoms in total. The van der Waals surface area contributed by atoms with Gasteiger partial charge in [0.25, 0.3) is 0 Å². The Kier molecular flexibility index (Phi) is 11.9. The Bertz CT molecular complexity index is 344. The molecule has 0 radical (unpaired) electrons. The number of hydrogen-bond donors (Lipinski definition) is 1. The van der Waals surface area contributed by atoms with Crippen molar-refractivity contribution in [3.63, 3.8) is 0 Å². The highest BCUT2D eigenvalue weighted by Gasteiger charge is 1.80. The normalized spacial score (nSPS) is 12.9. The summed E-state index contributed by atoms with van der Waals surface area (Å²) in [6.07, 6.45) is 22.9. The second-order valence-electron chi connectivity index (χ2n) is 3.78. The van der Waals surface area contributed by atoms with Crippen molar-refractivity contribution < 1.29 is 9.90 Å². The summed E-state index contributed by atoms with van der Waals surface area (Å²) in [4.78, 5) is 10.1. The van der Waals surface area contributed by atoms with E-state index in [1.54, 1.807) is 12.2 Å². The Morgan fingerprint density at radius 3 is 2.00 bits per heavy atom. The molecule has 18 heavy (non-hydrogen) atoms. The lowest BCUT2D eigenvalue weighted by molar-refractivity contribution is -0.131. The molecule has 0 aromatic heterocycles. The van der Waals surface area contributed by atoms with Crippen LogP contribution in [0.1, 0.15) is 32.6 Å². The quantitative estimate of drug-likeness (QED) is 0.371. The van der Waals surface area contributed by atoms with Crippen molar-refractivity contribution >= 4 is 5.97 Å². The standard InChI is InChI=1S/C16H22O2/c1-2-3-4-5-6-7-8-9-10-11-12-13-14-15-16(17)18/h6-15H,2-5H2,1H3,(H,17,18). The largest absolute Gasteiger partial charge is 0.478 e. The van der Waals surface area contributed by atoms with Crippen molar-refractivity contribution in [3.05, 3.63) is 60.8 Å². The van der Waals surface area contributed by atoms with E-state index in [-0.39, 0.29) is 0 Å². The van der Waals surface area contributed by atoms with Crippen LogP contribution < -0.4 is 0 Å². The minimum Gasteiger partial charge on any atom is -0.478 e. The van der Waals surface area contributed by atoms with Crippen LogP contribution in [0, 0.1) is 0 Å². The fraction of sp³-hybridized carbons (Fsp3) is 0.312. The summed E-state index contributed by atoms with van der Waals surface area (Å²) >= 11 is 0. The maximum Gasteiger partial charge on any atom is 0.328 e. The van der Waals surface area contributed by atoms with E-state index >= 15 is 0 Å². The van der Waals surface area contributed by atoms with Gasteiger partial charge in [0, 0.05) is 6.08 Å². The fourth-order valence-corrected chi connectivity index (χ4v) is 1.21. The molecule has 0 bridgehead atoms. The van der Waals surface area contributed by atoms with Crippen LogP contribution in [0.25, 0.3) is 0 Å². The Morgan fingerprint density at radius 1 is 0.889 bits per heavy atom. The first-order valence-corrected chi connectivity index (χ1v) is 6.33. The Balaban J connectivity index is 3.65. The summed E-state index contributed by atoms with van der Waals surface area (Å²) in [7, 11) is 0. The van der Waals surface area contributed by atoms with Gasteiger partial charge in [0.1, 0.15) is 0 Å². The molecule has 0 aromatic rings. The van der Waals surface area contributed by atoms with Gasteiger partial charge < -0.3 is 5.11 Å². The topological polar surface area (TPSA) is 37.3 Å². The first-order chi connectivity index (χ1) is 8.77. The van der Waals surface area contributed by atoms with Gasteiger partial charge in [0.2, 0.25) is 0 Å². The molecule has 0 aliphatic heterocycles. The van der Waals surface area contributed by atoms with Gasteiger partial charge in [-0.1, -0.05) is 74.4 Å². The van der Waals surface area contributed by atoms with Gasteiger partial charge in [0.05, 0.1) is 0 Å². The predicted octanol–water partition coefficient (Wildman–Crippen LogP) is 4.43. The summed E-state index contributed by atoms with van der Waals surface area (Å²) < 4.78 is 0. The summed E-state index contributed by atoms with van der Waals surface area (Å²) in [5, 5.41) is 8.33. The first kappa shape index (κ1) is 16.2. The lowest BCUT2D eigenvalue weighted by Crippen LogP contribution is -1.84. The summed E-state index contributed by atoms with van der Waals surface area (Å²) in [5.41, 5.74) is 0. The van der Waals surface area contributed by atoms with Crippen LogP contribution in [-0.2, 0) is 4.79 Å². The summed E-state index contributed by atoms with van der Waals surface area (Å²) in [6.45, 7) is 2.20. The molecular weight excluding hydrogens is 224 g/mol. The molecule has 0 atom stereocenters. The van der Waals surface area contributed by atoms with E-state index in [0.717, 1.165) is 12.5 Å². The highest BCUT2D eigenvalue weighted by Crippen LogP contribution is 1.99. The molecule has 1 N–H and O–H groups in total. The maximum atomic E-state index is 10.1.